The van der Waals surface area contributed by atoms with E-state index in [1.807, 2.05) is 24.3 Å². The number of nitrogens with zero attached hydrogens (tertiary/aromatic N) is 4. The minimum Gasteiger partial charge on any atom is -0.356 e. The van der Waals surface area contributed by atoms with E-state index in [-0.39, 0.29) is 17.2 Å². The molecule has 1 saturated heterocycles. The molecule has 3 heterocycles. The van der Waals surface area contributed by atoms with Gasteiger partial charge in [0.2, 0.25) is 15.9 Å². The maximum atomic E-state index is 13.0. The smallest absolute Gasteiger partial charge is 0.246 e. The van der Waals surface area contributed by atoms with Gasteiger partial charge in [-0.25, -0.2) is 13.4 Å². The number of para-hydroxylation sites is 2. The van der Waals surface area contributed by atoms with Gasteiger partial charge in [0.05, 0.1) is 29.0 Å². The van der Waals surface area contributed by atoms with Crippen molar-refractivity contribution >= 4 is 27.0 Å². The second-order valence-electron chi connectivity index (χ2n) is 7.88. The van der Waals surface area contributed by atoms with E-state index in [9.17, 15) is 13.2 Å². The number of nitrogens with one attached hydrogen (secondary N) is 2. The average Bonchev–Trinajstić information content (AvgIpc) is 3.45. The Hall–Kier alpha value is -2.72. The van der Waals surface area contributed by atoms with E-state index in [0.717, 1.165) is 29.7 Å². The highest BCUT2D eigenvalue weighted by Gasteiger charge is 2.32. The highest BCUT2D eigenvalue weighted by Crippen LogP contribution is 2.26. The van der Waals surface area contributed by atoms with Crippen LogP contribution in [0, 0.1) is 13.8 Å². The van der Waals surface area contributed by atoms with E-state index in [4.69, 9.17) is 0 Å². The molecule has 1 fully saturated rings. The zero-order valence-corrected chi connectivity index (χ0v) is 18.7. The number of hydrogen-bond acceptors (Lipinski definition) is 5. The fourth-order valence-electron chi connectivity index (χ4n) is 4.07. The van der Waals surface area contributed by atoms with Crippen molar-refractivity contribution in [2.45, 2.75) is 51.0 Å². The summed E-state index contributed by atoms with van der Waals surface area (Å²) in [6.45, 7) is 5.38. The van der Waals surface area contributed by atoms with E-state index in [1.165, 1.54) is 4.31 Å². The second kappa shape index (κ2) is 8.80. The van der Waals surface area contributed by atoms with Crippen LogP contribution in [-0.2, 0) is 27.8 Å². The Balaban J connectivity index is 1.32. The summed E-state index contributed by atoms with van der Waals surface area (Å²) in [4.78, 5) is 20.3. The third kappa shape index (κ3) is 4.49. The number of benzene rings is 1. The fraction of sp³-hybridized carbons (Fsp3) is 0.476. The first-order chi connectivity index (χ1) is 14.9. The number of rotatable bonds is 8. The summed E-state index contributed by atoms with van der Waals surface area (Å²) < 4.78 is 29.1. The van der Waals surface area contributed by atoms with Crippen LogP contribution in [0.25, 0.3) is 11.0 Å². The molecule has 0 atom stereocenters. The Bertz CT molecular complexity index is 1160. The highest BCUT2D eigenvalue weighted by atomic mass is 32.2. The van der Waals surface area contributed by atoms with Gasteiger partial charge in [-0.3, -0.25) is 9.48 Å². The van der Waals surface area contributed by atoms with Crippen molar-refractivity contribution in [2.24, 2.45) is 0 Å². The largest absolute Gasteiger partial charge is 0.356 e. The van der Waals surface area contributed by atoms with Crippen LogP contribution in [0.3, 0.4) is 0 Å². The molecule has 2 N–H and O–H groups in total. The number of carbonyl (C=O) groups is 1. The molecule has 2 aromatic heterocycles. The van der Waals surface area contributed by atoms with E-state index in [2.05, 4.69) is 20.4 Å². The molecule has 1 aliphatic rings. The standard InChI is InChI=1S/C21H28N6O3S/c1-15-21(31(29,30)26-12-5-6-13-26)16(2)27(25-15)14-10-20(28)22-11-9-19-23-17-7-3-4-8-18(17)24-19/h3-4,7-8H,5-6,9-14H2,1-2H3,(H,22,28)(H,23,24). The zero-order valence-electron chi connectivity index (χ0n) is 17.9. The van der Waals surface area contributed by atoms with Crippen LogP contribution in [0.1, 0.15) is 36.5 Å². The predicted octanol–water partition coefficient (Wildman–Crippen LogP) is 1.91. The average molecular weight is 445 g/mol. The zero-order chi connectivity index (χ0) is 22.0. The minimum absolute atomic E-state index is 0.104. The third-order valence-electron chi connectivity index (χ3n) is 5.65. The molecule has 0 radical (unpaired) electrons. The van der Waals surface area contributed by atoms with Gasteiger partial charge in [-0.05, 0) is 38.8 Å². The maximum absolute atomic E-state index is 13.0. The maximum Gasteiger partial charge on any atom is 0.246 e. The first kappa shape index (κ1) is 21.5. The number of imidazole rings is 1. The molecular weight excluding hydrogens is 416 g/mol. The molecule has 1 amide bonds. The molecule has 0 unspecified atom stereocenters. The number of H-pyrrole nitrogens is 1. The highest BCUT2D eigenvalue weighted by molar-refractivity contribution is 7.89. The van der Waals surface area contributed by atoms with Crippen molar-refractivity contribution in [1.29, 1.82) is 0 Å². The van der Waals surface area contributed by atoms with Gasteiger partial charge in [0, 0.05) is 32.5 Å². The van der Waals surface area contributed by atoms with Gasteiger partial charge in [-0.1, -0.05) is 12.1 Å². The molecular formula is C21H28N6O3S. The van der Waals surface area contributed by atoms with Gasteiger partial charge < -0.3 is 10.3 Å². The van der Waals surface area contributed by atoms with Gasteiger partial charge in [0.15, 0.2) is 0 Å². The lowest BCUT2D eigenvalue weighted by molar-refractivity contribution is -0.121. The lowest BCUT2D eigenvalue weighted by Crippen LogP contribution is -2.29. The SMILES string of the molecule is Cc1nn(CCC(=O)NCCc2nc3ccccc3[nH]2)c(C)c1S(=O)(=O)N1CCCC1. The lowest BCUT2D eigenvalue weighted by Gasteiger charge is -2.15. The van der Waals surface area contributed by atoms with Gasteiger partial charge >= 0.3 is 0 Å². The number of hydrogen-bond donors (Lipinski definition) is 2. The summed E-state index contributed by atoms with van der Waals surface area (Å²) in [6.07, 6.45) is 2.61. The Kier molecular flexibility index (Phi) is 6.10. The molecule has 4 rings (SSSR count). The number of aromatic nitrogens is 4. The summed E-state index contributed by atoms with van der Waals surface area (Å²) in [5.41, 5.74) is 2.95. The number of fused-ring (bicyclic) bond motifs is 1. The second-order valence-corrected chi connectivity index (χ2v) is 9.76. The van der Waals surface area contributed by atoms with Crippen LogP contribution in [-0.4, -0.2) is 58.0 Å². The number of carbonyl (C=O) groups excluding carboxylic acids is 1. The summed E-state index contributed by atoms with van der Waals surface area (Å²) in [5.74, 6) is 0.726. The predicted molar refractivity (Wildman–Crippen MR) is 117 cm³/mol. The van der Waals surface area contributed by atoms with Crippen LogP contribution in [0.4, 0.5) is 0 Å². The van der Waals surface area contributed by atoms with E-state index >= 15 is 0 Å². The molecule has 166 valence electrons. The molecule has 1 aromatic carbocycles. The Morgan fingerprint density at radius 2 is 1.94 bits per heavy atom. The summed E-state index contributed by atoms with van der Waals surface area (Å²) in [7, 11) is -3.53. The van der Waals surface area contributed by atoms with Crippen LogP contribution in [0.2, 0.25) is 0 Å². The van der Waals surface area contributed by atoms with Crippen LogP contribution in [0.15, 0.2) is 29.2 Å². The van der Waals surface area contributed by atoms with Gasteiger partial charge in [0.25, 0.3) is 0 Å². The van der Waals surface area contributed by atoms with Crippen molar-refractivity contribution in [3.63, 3.8) is 0 Å². The number of aryl methyl sites for hydroxylation is 2. The Labute approximate surface area is 181 Å². The third-order valence-corrected chi connectivity index (χ3v) is 7.80. The number of amides is 1. The topological polar surface area (TPSA) is 113 Å². The first-order valence-corrected chi connectivity index (χ1v) is 12.0. The molecule has 3 aromatic rings. The summed E-state index contributed by atoms with van der Waals surface area (Å²) in [5, 5.41) is 7.28. The van der Waals surface area contributed by atoms with Crippen molar-refractivity contribution in [1.82, 2.24) is 29.4 Å². The van der Waals surface area contributed by atoms with E-state index in [0.29, 0.717) is 44.0 Å². The molecule has 0 bridgehead atoms. The number of aromatic amines is 1. The van der Waals surface area contributed by atoms with E-state index in [1.54, 1.807) is 18.5 Å². The molecule has 10 heteroatoms. The van der Waals surface area contributed by atoms with Crippen LogP contribution in [0.5, 0.6) is 0 Å². The lowest BCUT2D eigenvalue weighted by atomic mass is 10.3. The van der Waals surface area contributed by atoms with Crippen LogP contribution < -0.4 is 5.32 Å². The van der Waals surface area contributed by atoms with Gasteiger partial charge in [-0.2, -0.15) is 9.40 Å². The molecule has 1 aliphatic heterocycles. The molecule has 31 heavy (non-hydrogen) atoms. The summed E-state index contributed by atoms with van der Waals surface area (Å²) in [6, 6.07) is 7.81. The molecule has 0 spiro atoms. The van der Waals surface area contributed by atoms with Crippen molar-refractivity contribution < 1.29 is 13.2 Å². The number of sulfonamides is 1. The Morgan fingerprint density at radius 1 is 1.19 bits per heavy atom. The normalized spacial score (nSPS) is 15.0. The van der Waals surface area contributed by atoms with E-state index < -0.39 is 10.0 Å². The quantitative estimate of drug-likeness (QED) is 0.551. The minimum atomic E-state index is -3.53. The van der Waals surface area contributed by atoms with Crippen molar-refractivity contribution in [2.75, 3.05) is 19.6 Å². The van der Waals surface area contributed by atoms with Crippen molar-refractivity contribution in [3.8, 4) is 0 Å². The fourth-order valence-corrected chi connectivity index (χ4v) is 5.96. The molecule has 0 aliphatic carbocycles. The van der Waals surface area contributed by atoms with Gasteiger partial charge in [-0.15, -0.1) is 0 Å². The molecule has 9 nitrogen and oxygen atoms in total. The van der Waals surface area contributed by atoms with Crippen LogP contribution >= 0.6 is 0 Å². The van der Waals surface area contributed by atoms with Gasteiger partial charge in [0.1, 0.15) is 10.7 Å². The monoisotopic (exact) mass is 444 g/mol. The summed E-state index contributed by atoms with van der Waals surface area (Å²) >= 11 is 0. The first-order valence-electron chi connectivity index (χ1n) is 10.6. The Morgan fingerprint density at radius 3 is 2.68 bits per heavy atom. The van der Waals surface area contributed by atoms with Crippen molar-refractivity contribution in [3.05, 3.63) is 41.5 Å². The molecule has 0 saturated carbocycles.